The smallest absolute Gasteiger partial charge is 0.237 e. The van der Waals surface area contributed by atoms with Crippen LogP contribution in [0.3, 0.4) is 0 Å². The summed E-state index contributed by atoms with van der Waals surface area (Å²) in [5, 5.41) is 7.55. The fourth-order valence-corrected chi connectivity index (χ4v) is 4.73. The summed E-state index contributed by atoms with van der Waals surface area (Å²) >= 11 is 1.77. The quantitative estimate of drug-likeness (QED) is 0.898. The average molecular weight is 319 g/mol. The van der Waals surface area contributed by atoms with Gasteiger partial charge in [-0.15, -0.1) is 0 Å². The van der Waals surface area contributed by atoms with Gasteiger partial charge in [0, 0.05) is 32.2 Å². The molecule has 22 heavy (non-hydrogen) atoms. The maximum atomic E-state index is 12.4. The Bertz CT molecular complexity index is 528. The molecule has 3 heterocycles. The second-order valence-electron chi connectivity index (χ2n) is 7.26. The van der Waals surface area contributed by atoms with Gasteiger partial charge in [0.15, 0.2) is 0 Å². The molecule has 4 rings (SSSR count). The molecule has 1 aromatic rings. The lowest BCUT2D eigenvalue weighted by molar-refractivity contribution is -0.125. The molecule has 1 amide bonds. The first kappa shape index (κ1) is 14.7. The van der Waals surface area contributed by atoms with Gasteiger partial charge >= 0.3 is 0 Å². The maximum Gasteiger partial charge on any atom is 0.237 e. The van der Waals surface area contributed by atoms with Crippen LogP contribution < -0.4 is 5.32 Å². The zero-order valence-electron chi connectivity index (χ0n) is 13.2. The molecule has 3 aliphatic rings. The number of fused-ring (bicyclic) bond motifs is 1. The van der Waals surface area contributed by atoms with Crippen LogP contribution in [0.1, 0.15) is 24.8 Å². The summed E-state index contributed by atoms with van der Waals surface area (Å²) < 4.78 is 0. The van der Waals surface area contributed by atoms with E-state index in [0.717, 1.165) is 38.5 Å². The minimum Gasteiger partial charge on any atom is -0.354 e. The van der Waals surface area contributed by atoms with E-state index in [1.54, 1.807) is 11.3 Å². The molecule has 3 fully saturated rings. The topological polar surface area (TPSA) is 35.6 Å². The summed E-state index contributed by atoms with van der Waals surface area (Å²) in [6.07, 6.45) is 3.62. The Kier molecular flexibility index (Phi) is 3.96. The highest BCUT2D eigenvalue weighted by Crippen LogP contribution is 2.35. The molecule has 1 aromatic heterocycles. The number of thiophene rings is 1. The molecule has 2 saturated heterocycles. The highest BCUT2D eigenvalue weighted by molar-refractivity contribution is 7.07. The van der Waals surface area contributed by atoms with Crippen LogP contribution in [0, 0.1) is 11.8 Å². The second-order valence-corrected chi connectivity index (χ2v) is 8.04. The highest BCUT2D eigenvalue weighted by Gasteiger charge is 2.47. The third kappa shape index (κ3) is 2.94. The summed E-state index contributed by atoms with van der Waals surface area (Å²) in [5.74, 6) is 1.67. The number of amides is 1. The van der Waals surface area contributed by atoms with Crippen LogP contribution in [-0.4, -0.2) is 54.5 Å². The normalized spacial score (nSPS) is 32.3. The molecule has 4 nitrogen and oxygen atoms in total. The fraction of sp³-hybridized carbons (Fsp3) is 0.706. The first-order chi connectivity index (χ1) is 10.7. The van der Waals surface area contributed by atoms with Crippen molar-refractivity contribution in [2.45, 2.75) is 37.9 Å². The molecular formula is C17H25N3OS. The number of likely N-dealkylation sites (tertiary alicyclic amines) is 2. The van der Waals surface area contributed by atoms with E-state index in [0.29, 0.717) is 12.0 Å². The van der Waals surface area contributed by atoms with Gasteiger partial charge in [-0.3, -0.25) is 14.6 Å². The molecule has 1 aliphatic carbocycles. The Hall–Kier alpha value is -0.910. The van der Waals surface area contributed by atoms with Crippen molar-refractivity contribution < 1.29 is 4.79 Å². The van der Waals surface area contributed by atoms with Gasteiger partial charge in [0.05, 0.1) is 6.04 Å². The summed E-state index contributed by atoms with van der Waals surface area (Å²) in [6.45, 7) is 4.19. The molecule has 2 aliphatic heterocycles. The zero-order valence-corrected chi connectivity index (χ0v) is 14.0. The molecule has 120 valence electrons. The Balaban J connectivity index is 1.31. The van der Waals surface area contributed by atoms with Gasteiger partial charge in [-0.25, -0.2) is 0 Å². The van der Waals surface area contributed by atoms with Crippen molar-refractivity contribution >= 4 is 17.2 Å². The van der Waals surface area contributed by atoms with Crippen molar-refractivity contribution in [1.82, 2.24) is 15.1 Å². The number of hydrogen-bond acceptors (Lipinski definition) is 4. The van der Waals surface area contributed by atoms with E-state index in [9.17, 15) is 4.79 Å². The molecule has 3 atom stereocenters. The second kappa shape index (κ2) is 5.95. The molecule has 0 aromatic carbocycles. The first-order valence-corrected chi connectivity index (χ1v) is 9.38. The van der Waals surface area contributed by atoms with Gasteiger partial charge in [-0.05, 0) is 60.5 Å². The number of likely N-dealkylation sites (N-methyl/N-ethyl adjacent to an activating group) is 1. The monoisotopic (exact) mass is 319 g/mol. The number of carbonyl (C=O) groups is 1. The predicted octanol–water partition coefficient (Wildman–Crippen LogP) is 1.78. The van der Waals surface area contributed by atoms with Crippen LogP contribution in [0.15, 0.2) is 16.8 Å². The number of rotatable bonds is 5. The number of hydrogen-bond donors (Lipinski definition) is 1. The van der Waals surface area contributed by atoms with Crippen LogP contribution in [-0.2, 0) is 11.3 Å². The van der Waals surface area contributed by atoms with Gasteiger partial charge in [0.25, 0.3) is 0 Å². The fourth-order valence-electron chi connectivity index (χ4n) is 4.07. The SMILES string of the molecule is CN1[C@@H](C(=O)NCC2CC2)C[C@H]2CN(Cc3ccsc3)C[C@H]21. The van der Waals surface area contributed by atoms with Crippen molar-refractivity contribution in [1.29, 1.82) is 0 Å². The molecule has 1 saturated carbocycles. The third-order valence-electron chi connectivity index (χ3n) is 5.57. The van der Waals surface area contributed by atoms with E-state index >= 15 is 0 Å². The maximum absolute atomic E-state index is 12.4. The first-order valence-electron chi connectivity index (χ1n) is 8.44. The van der Waals surface area contributed by atoms with E-state index in [1.165, 1.54) is 18.4 Å². The van der Waals surface area contributed by atoms with Gasteiger partial charge < -0.3 is 5.32 Å². The van der Waals surface area contributed by atoms with E-state index in [1.807, 2.05) is 0 Å². The molecule has 1 N–H and O–H groups in total. The van der Waals surface area contributed by atoms with Crippen molar-refractivity contribution in [2.75, 3.05) is 26.7 Å². The Labute approximate surface area is 136 Å². The lowest BCUT2D eigenvalue weighted by Gasteiger charge is -2.26. The Morgan fingerprint density at radius 2 is 2.27 bits per heavy atom. The summed E-state index contributed by atoms with van der Waals surface area (Å²) in [5.41, 5.74) is 1.42. The summed E-state index contributed by atoms with van der Waals surface area (Å²) in [4.78, 5) is 17.3. The molecule has 0 unspecified atom stereocenters. The lowest BCUT2D eigenvalue weighted by Crippen LogP contribution is -2.46. The summed E-state index contributed by atoms with van der Waals surface area (Å²) in [7, 11) is 2.14. The number of nitrogens with one attached hydrogen (secondary N) is 1. The van der Waals surface area contributed by atoms with Gasteiger partial charge in [0.2, 0.25) is 5.91 Å². The van der Waals surface area contributed by atoms with E-state index in [2.05, 4.69) is 39.0 Å². The average Bonchev–Trinajstić information content (AvgIpc) is 2.90. The van der Waals surface area contributed by atoms with Gasteiger partial charge in [-0.2, -0.15) is 11.3 Å². The Morgan fingerprint density at radius 1 is 1.41 bits per heavy atom. The zero-order chi connectivity index (χ0) is 15.1. The van der Waals surface area contributed by atoms with Crippen LogP contribution in [0.2, 0.25) is 0 Å². The molecular weight excluding hydrogens is 294 g/mol. The number of nitrogens with zero attached hydrogens (tertiary/aromatic N) is 2. The lowest BCUT2D eigenvalue weighted by atomic mass is 10.0. The predicted molar refractivity (Wildman–Crippen MR) is 88.8 cm³/mol. The van der Waals surface area contributed by atoms with E-state index < -0.39 is 0 Å². The van der Waals surface area contributed by atoms with Gasteiger partial charge in [-0.1, -0.05) is 0 Å². The molecule has 0 spiro atoms. The van der Waals surface area contributed by atoms with Gasteiger partial charge in [0.1, 0.15) is 0 Å². The summed E-state index contributed by atoms with van der Waals surface area (Å²) in [6, 6.07) is 2.86. The van der Waals surface area contributed by atoms with E-state index in [-0.39, 0.29) is 11.9 Å². The van der Waals surface area contributed by atoms with Crippen LogP contribution in [0.4, 0.5) is 0 Å². The highest BCUT2D eigenvalue weighted by atomic mass is 32.1. The van der Waals surface area contributed by atoms with Crippen LogP contribution in [0.25, 0.3) is 0 Å². The minimum absolute atomic E-state index is 0.0945. The van der Waals surface area contributed by atoms with Crippen molar-refractivity contribution in [2.24, 2.45) is 11.8 Å². The standard InChI is InChI=1S/C17H25N3OS/c1-19-15(17(21)18-7-12-2-3-12)6-14-9-20(10-16(14)19)8-13-4-5-22-11-13/h4-5,11-12,14-16H,2-3,6-10H2,1H3,(H,18,21)/t14-,15+,16+/m0/s1. The molecule has 5 heteroatoms. The Morgan fingerprint density at radius 3 is 2.95 bits per heavy atom. The minimum atomic E-state index is 0.0945. The largest absolute Gasteiger partial charge is 0.354 e. The van der Waals surface area contributed by atoms with Crippen molar-refractivity contribution in [3.05, 3.63) is 22.4 Å². The van der Waals surface area contributed by atoms with Crippen LogP contribution in [0.5, 0.6) is 0 Å². The van der Waals surface area contributed by atoms with Crippen molar-refractivity contribution in [3.8, 4) is 0 Å². The van der Waals surface area contributed by atoms with Crippen molar-refractivity contribution in [3.63, 3.8) is 0 Å². The van der Waals surface area contributed by atoms with Crippen LogP contribution >= 0.6 is 11.3 Å². The third-order valence-corrected chi connectivity index (χ3v) is 6.31. The molecule has 0 radical (unpaired) electrons. The number of carbonyl (C=O) groups excluding carboxylic acids is 1. The van der Waals surface area contributed by atoms with E-state index in [4.69, 9.17) is 0 Å². The molecule has 0 bridgehead atoms.